The summed E-state index contributed by atoms with van der Waals surface area (Å²) in [5, 5.41) is 34.5. The molecular weight excluding hydrogens is 815 g/mol. The van der Waals surface area contributed by atoms with Crippen molar-refractivity contribution in [2.75, 3.05) is 20.2 Å². The number of aliphatic carboxylic acids is 1. The van der Waals surface area contributed by atoms with E-state index in [1.807, 2.05) is 39.0 Å². The number of aromatic amines is 2. The van der Waals surface area contributed by atoms with Gasteiger partial charge in [-0.3, -0.25) is 33.9 Å². The van der Waals surface area contributed by atoms with E-state index in [1.54, 1.807) is 31.2 Å². The summed E-state index contributed by atoms with van der Waals surface area (Å²) in [6.45, 7) is 12.2. The number of fused-ring (bicyclic) bond motifs is 8. The molecule has 0 fully saturated rings. The van der Waals surface area contributed by atoms with Crippen molar-refractivity contribution in [1.29, 1.82) is 0 Å². The second-order valence-corrected chi connectivity index (χ2v) is 17.4. The minimum Gasteiger partial charge on any atom is -0.480 e. The van der Waals surface area contributed by atoms with Gasteiger partial charge in [-0.25, -0.2) is 0 Å². The zero-order chi connectivity index (χ0) is 46.1. The van der Waals surface area contributed by atoms with Crippen LogP contribution in [0.4, 0.5) is 0 Å². The molecule has 4 aromatic rings. The lowest BCUT2D eigenvalue weighted by atomic mass is 9.80. The van der Waals surface area contributed by atoms with Crippen LogP contribution in [-0.2, 0) is 25.5 Å². The summed E-state index contributed by atoms with van der Waals surface area (Å²) in [4.78, 5) is 83.9. The number of aromatic nitrogens is 4. The molecule has 16 heteroatoms. The Bertz CT molecular complexity index is 2670. The van der Waals surface area contributed by atoms with Crippen molar-refractivity contribution in [3.05, 3.63) is 98.6 Å². The van der Waals surface area contributed by atoms with E-state index in [4.69, 9.17) is 14.7 Å². The number of ketones is 2. The number of nitrogens with zero attached hydrogens (tertiary/aromatic N) is 2. The first-order chi connectivity index (χ1) is 30.5. The molecule has 6 atom stereocenters. The van der Waals surface area contributed by atoms with Gasteiger partial charge in [-0.15, -0.1) is 0 Å². The number of carbonyl (C=O) groups is 5. The number of nitrogens with one attached hydrogen (secondary N) is 4. The lowest BCUT2D eigenvalue weighted by Crippen LogP contribution is -2.38. The minimum atomic E-state index is -1.56. The molecule has 1 aromatic carbocycles. The SMILES string of the molecule is CC[C@H]1c2cc3[nH]c4c(c3C)C(=O)C(C(=O)OC)c4c3nc(cc4[nH]c(cc(n2)[C@@H]1C)c(C(C)=O)c4C)[C@@H](C)[C@@H]3CCC(=O)NCCC[C@H](NCCc1ccc(B(O)O)cc1)C(=O)O. The molecule has 3 aromatic heterocycles. The van der Waals surface area contributed by atoms with E-state index < -0.39 is 36.9 Å². The molecule has 2 aliphatic heterocycles. The van der Waals surface area contributed by atoms with Gasteiger partial charge in [-0.1, -0.05) is 45.0 Å². The van der Waals surface area contributed by atoms with Crippen LogP contribution in [-0.4, -0.2) is 97.9 Å². The number of aryl methyl sites for hydroxylation is 2. The van der Waals surface area contributed by atoms with Gasteiger partial charge in [0.1, 0.15) is 12.0 Å². The number of benzene rings is 1. The van der Waals surface area contributed by atoms with Crippen molar-refractivity contribution in [1.82, 2.24) is 30.6 Å². The van der Waals surface area contributed by atoms with Gasteiger partial charge in [0.15, 0.2) is 11.6 Å². The van der Waals surface area contributed by atoms with Crippen molar-refractivity contribution in [2.45, 2.75) is 116 Å². The predicted molar refractivity (Wildman–Crippen MR) is 243 cm³/mol. The fourth-order valence-corrected chi connectivity index (χ4v) is 9.80. The van der Waals surface area contributed by atoms with Crippen LogP contribution < -0.4 is 16.1 Å². The third-order valence-corrected chi connectivity index (χ3v) is 13.5. The zero-order valence-electron chi connectivity index (χ0n) is 37.4. The Labute approximate surface area is 372 Å². The lowest BCUT2D eigenvalue weighted by molar-refractivity contribution is -0.141. The number of rotatable bonds is 16. The van der Waals surface area contributed by atoms with Crippen molar-refractivity contribution in [2.24, 2.45) is 0 Å². The number of hydrogen-bond donors (Lipinski definition) is 7. The minimum absolute atomic E-state index is 0.0573. The summed E-state index contributed by atoms with van der Waals surface area (Å²) < 4.78 is 5.24. The Morgan fingerprint density at radius 3 is 2.20 bits per heavy atom. The zero-order valence-corrected chi connectivity index (χ0v) is 37.4. The average molecular weight is 873 g/mol. The Hall–Kier alpha value is -5.97. The molecule has 0 spiro atoms. The van der Waals surface area contributed by atoms with E-state index in [0.29, 0.717) is 87.0 Å². The highest BCUT2D eigenvalue weighted by molar-refractivity contribution is 6.58. The lowest BCUT2D eigenvalue weighted by Gasteiger charge is -2.19. The molecule has 7 N–H and O–H groups in total. The van der Waals surface area contributed by atoms with Crippen LogP contribution >= 0.6 is 0 Å². The second-order valence-electron chi connectivity index (χ2n) is 17.4. The van der Waals surface area contributed by atoms with Crippen LogP contribution in [0.15, 0.2) is 42.5 Å². The molecule has 8 bridgehead atoms. The normalized spacial score (nSPS) is 19.4. The maximum Gasteiger partial charge on any atom is 0.488 e. The van der Waals surface area contributed by atoms with E-state index in [1.165, 1.54) is 7.11 Å². The number of H-pyrrole nitrogens is 2. The van der Waals surface area contributed by atoms with Crippen molar-refractivity contribution < 1.29 is 43.9 Å². The molecule has 5 heterocycles. The first-order valence-corrected chi connectivity index (χ1v) is 22.1. The highest BCUT2D eigenvalue weighted by Gasteiger charge is 2.45. The fraction of sp³-hybridized carbons (Fsp3) is 0.438. The molecular formula is C48H57BN6O9. The quantitative estimate of drug-likeness (QED) is 0.0246. The van der Waals surface area contributed by atoms with Crippen LogP contribution in [0.1, 0.15) is 155 Å². The molecule has 7 rings (SSSR count). The van der Waals surface area contributed by atoms with E-state index in [0.717, 1.165) is 28.9 Å². The van der Waals surface area contributed by atoms with Crippen molar-refractivity contribution >= 4 is 64.1 Å². The molecule has 15 nitrogen and oxygen atoms in total. The summed E-state index contributed by atoms with van der Waals surface area (Å²) in [7, 11) is -0.301. The first-order valence-electron chi connectivity index (χ1n) is 22.1. The molecule has 0 saturated carbocycles. The number of carbonyl (C=O) groups excluding carboxylic acids is 4. The molecule has 1 unspecified atom stereocenters. The van der Waals surface area contributed by atoms with Crippen LogP contribution in [0.25, 0.3) is 22.1 Å². The first kappa shape index (κ1) is 46.0. The number of methoxy groups -OCH3 is 1. The molecule has 1 amide bonds. The van der Waals surface area contributed by atoms with E-state index in [9.17, 15) is 39.1 Å². The summed E-state index contributed by atoms with van der Waals surface area (Å²) in [5.41, 5.74) is 9.56. The maximum absolute atomic E-state index is 14.4. The van der Waals surface area contributed by atoms with Crippen molar-refractivity contribution in [3.63, 3.8) is 0 Å². The van der Waals surface area contributed by atoms with Gasteiger partial charge in [0, 0.05) is 81.4 Å². The molecule has 336 valence electrons. The number of carboxylic acid groups (broad SMARTS) is 1. The Morgan fingerprint density at radius 2 is 1.55 bits per heavy atom. The maximum atomic E-state index is 14.4. The number of Topliss-reactive ketones (excluding diaryl/α,β-unsaturated/α-hetero) is 2. The third kappa shape index (κ3) is 8.91. The Morgan fingerprint density at radius 1 is 0.891 bits per heavy atom. The van der Waals surface area contributed by atoms with Gasteiger partial charge in [-0.2, -0.15) is 0 Å². The van der Waals surface area contributed by atoms with Crippen LogP contribution in [0.5, 0.6) is 0 Å². The van der Waals surface area contributed by atoms with E-state index in [-0.39, 0.29) is 54.6 Å². The van der Waals surface area contributed by atoms with Gasteiger partial charge in [0.05, 0.1) is 23.8 Å². The van der Waals surface area contributed by atoms with Crippen LogP contribution in [0, 0.1) is 13.8 Å². The highest BCUT2D eigenvalue weighted by atomic mass is 16.5. The summed E-state index contributed by atoms with van der Waals surface area (Å²) in [5.74, 6) is -4.20. The fourth-order valence-electron chi connectivity index (χ4n) is 9.80. The number of esters is 1. The van der Waals surface area contributed by atoms with Gasteiger partial charge < -0.3 is 40.5 Å². The summed E-state index contributed by atoms with van der Waals surface area (Å²) in [6.07, 6.45) is 2.47. The summed E-state index contributed by atoms with van der Waals surface area (Å²) in [6, 6.07) is 11.8. The van der Waals surface area contributed by atoms with Gasteiger partial charge >= 0.3 is 19.1 Å². The smallest absolute Gasteiger partial charge is 0.480 e. The van der Waals surface area contributed by atoms with Gasteiger partial charge in [-0.05, 0) is 99.8 Å². The van der Waals surface area contributed by atoms with Crippen LogP contribution in [0.3, 0.4) is 0 Å². The third-order valence-electron chi connectivity index (χ3n) is 13.5. The predicted octanol–water partition coefficient (Wildman–Crippen LogP) is 5.41. The monoisotopic (exact) mass is 872 g/mol. The molecule has 0 radical (unpaired) electrons. The Kier molecular flexibility index (Phi) is 13.7. The number of carboxylic acids is 1. The average Bonchev–Trinajstić information content (AvgIpc) is 4.01. The Balaban J connectivity index is 1.19. The number of hydrogen-bond acceptors (Lipinski definition) is 11. The molecule has 0 saturated heterocycles. The number of amides is 1. The topological polar surface area (TPSA) is 237 Å². The molecule has 1 aliphatic carbocycles. The number of ether oxygens (including phenoxy) is 1. The highest BCUT2D eigenvalue weighted by Crippen LogP contribution is 2.48. The van der Waals surface area contributed by atoms with E-state index in [2.05, 4.69) is 34.4 Å². The van der Waals surface area contributed by atoms with E-state index >= 15 is 0 Å². The van der Waals surface area contributed by atoms with Gasteiger partial charge in [0.2, 0.25) is 5.91 Å². The summed E-state index contributed by atoms with van der Waals surface area (Å²) >= 11 is 0. The second kappa shape index (κ2) is 19.0. The standard InChI is InChI=1S/C48H57BN6O9/c1-8-30-23(2)33-22-38-40(27(6)56)25(4)35(53-38)20-34-24(3)31(44(54-34)42-43(48(61)64-7)46(58)41-26(5)36(55-45(41)42)21-37(30)52-33)15-16-39(57)51-18-9-10-32(47(59)60)50-19-17-28-11-13-29(14-12-28)49(62)63/h11-14,20-24,30-32,43,50,53,55,62-63H,8-10,15-19H2,1-7H3,(H,51,57)(H,59,60)/t23-,24+,30-,31+,32+,43?/m1/s1. The van der Waals surface area contributed by atoms with Crippen molar-refractivity contribution in [3.8, 4) is 0 Å². The van der Waals surface area contributed by atoms with Crippen LogP contribution in [0.2, 0.25) is 0 Å². The molecule has 3 aliphatic rings. The molecule has 64 heavy (non-hydrogen) atoms. The van der Waals surface area contributed by atoms with Gasteiger partial charge in [0.25, 0.3) is 0 Å². The largest absolute Gasteiger partial charge is 0.488 e.